The summed E-state index contributed by atoms with van der Waals surface area (Å²) in [5, 5.41) is 4.21. The molecule has 1 amide bonds. The van der Waals surface area contributed by atoms with Crippen LogP contribution in [0.1, 0.15) is 57.1 Å². The lowest BCUT2D eigenvalue weighted by Crippen LogP contribution is -2.43. The number of fused-ring (bicyclic) bond motifs is 1. The number of rotatable bonds is 8. The highest BCUT2D eigenvalue weighted by Crippen LogP contribution is 2.40. The van der Waals surface area contributed by atoms with Crippen molar-refractivity contribution in [2.75, 3.05) is 47.1 Å². The van der Waals surface area contributed by atoms with Gasteiger partial charge in [-0.3, -0.25) is 9.69 Å². The maximum atomic E-state index is 13.4. The molecular formula is C26H32N4O4S. The normalized spacial score (nSPS) is 17.4. The molecule has 186 valence electrons. The van der Waals surface area contributed by atoms with Crippen LogP contribution >= 0.6 is 11.3 Å². The Labute approximate surface area is 209 Å². The summed E-state index contributed by atoms with van der Waals surface area (Å²) in [5.41, 5.74) is 2.98. The van der Waals surface area contributed by atoms with E-state index in [-0.39, 0.29) is 11.9 Å². The minimum absolute atomic E-state index is 0.0136. The van der Waals surface area contributed by atoms with E-state index in [0.29, 0.717) is 42.1 Å². The van der Waals surface area contributed by atoms with Crippen molar-refractivity contribution in [3.63, 3.8) is 0 Å². The molecule has 1 unspecified atom stereocenters. The van der Waals surface area contributed by atoms with Crippen LogP contribution in [-0.2, 0) is 4.74 Å². The van der Waals surface area contributed by atoms with Crippen LogP contribution in [0.15, 0.2) is 18.2 Å². The zero-order valence-electron chi connectivity index (χ0n) is 20.7. The summed E-state index contributed by atoms with van der Waals surface area (Å²) in [7, 11) is 3.27. The predicted octanol–water partition coefficient (Wildman–Crippen LogP) is 4.01. The van der Waals surface area contributed by atoms with Gasteiger partial charge in [0.1, 0.15) is 10.7 Å². The van der Waals surface area contributed by atoms with Crippen molar-refractivity contribution in [2.45, 2.75) is 38.6 Å². The number of nitrogens with zero attached hydrogens (tertiary/aromatic N) is 3. The number of carbonyl (C=O) groups excluding carboxylic acids is 1. The highest BCUT2D eigenvalue weighted by Gasteiger charge is 2.29. The smallest absolute Gasteiger partial charge is 0.261 e. The lowest BCUT2D eigenvalue weighted by molar-refractivity contribution is 0.0162. The fraction of sp³-hybridized carbons (Fsp3) is 0.500. The van der Waals surface area contributed by atoms with Crippen LogP contribution in [0.4, 0.5) is 0 Å². The van der Waals surface area contributed by atoms with Crippen molar-refractivity contribution < 1.29 is 19.0 Å². The summed E-state index contributed by atoms with van der Waals surface area (Å²) in [6.45, 7) is 7.44. The fourth-order valence-electron chi connectivity index (χ4n) is 4.78. The summed E-state index contributed by atoms with van der Waals surface area (Å²) in [4.78, 5) is 26.9. The van der Waals surface area contributed by atoms with Gasteiger partial charge in [-0.2, -0.15) is 0 Å². The summed E-state index contributed by atoms with van der Waals surface area (Å²) in [6.07, 6.45) is 2.31. The van der Waals surface area contributed by atoms with E-state index < -0.39 is 0 Å². The number of benzene rings is 1. The third-order valence-corrected chi connectivity index (χ3v) is 8.06. The average Bonchev–Trinajstić information content (AvgIpc) is 3.67. The van der Waals surface area contributed by atoms with Gasteiger partial charge in [0.2, 0.25) is 0 Å². The molecule has 1 atom stereocenters. The summed E-state index contributed by atoms with van der Waals surface area (Å²) in [5.74, 6) is 2.69. The number of ether oxygens (including phenoxy) is 3. The van der Waals surface area contributed by atoms with Gasteiger partial charge in [-0.15, -0.1) is 11.3 Å². The lowest BCUT2D eigenvalue weighted by Gasteiger charge is -2.35. The molecule has 1 aliphatic heterocycles. The molecule has 0 bridgehead atoms. The summed E-state index contributed by atoms with van der Waals surface area (Å²) < 4.78 is 16.5. The van der Waals surface area contributed by atoms with Crippen molar-refractivity contribution in [1.29, 1.82) is 0 Å². The van der Waals surface area contributed by atoms with E-state index >= 15 is 0 Å². The van der Waals surface area contributed by atoms with Gasteiger partial charge in [-0.1, -0.05) is 6.07 Å². The lowest BCUT2D eigenvalue weighted by atomic mass is 10.0. The minimum atomic E-state index is -0.0726. The second kappa shape index (κ2) is 10.1. The number of thiophene rings is 1. The first-order valence-corrected chi connectivity index (χ1v) is 12.9. The second-order valence-electron chi connectivity index (χ2n) is 9.17. The molecule has 1 saturated heterocycles. The number of nitrogens with one attached hydrogen (secondary N) is 1. The van der Waals surface area contributed by atoms with Crippen LogP contribution in [0.2, 0.25) is 0 Å². The van der Waals surface area contributed by atoms with Crippen LogP contribution < -0.4 is 14.8 Å². The van der Waals surface area contributed by atoms with Gasteiger partial charge in [0.15, 0.2) is 11.5 Å². The van der Waals surface area contributed by atoms with Crippen molar-refractivity contribution in [1.82, 2.24) is 20.2 Å². The van der Waals surface area contributed by atoms with E-state index in [1.807, 2.05) is 32.0 Å². The fourth-order valence-corrected chi connectivity index (χ4v) is 5.93. The predicted molar refractivity (Wildman–Crippen MR) is 136 cm³/mol. The Balaban J connectivity index is 1.39. The highest BCUT2D eigenvalue weighted by atomic mass is 32.1. The molecule has 2 aliphatic rings. The summed E-state index contributed by atoms with van der Waals surface area (Å²) >= 11 is 1.47. The largest absolute Gasteiger partial charge is 0.493 e. The number of carbonyl (C=O) groups is 1. The van der Waals surface area contributed by atoms with E-state index in [2.05, 4.69) is 10.2 Å². The monoisotopic (exact) mass is 496 g/mol. The average molecular weight is 497 g/mol. The van der Waals surface area contributed by atoms with Gasteiger partial charge in [-0.05, 0) is 49.9 Å². The first kappa shape index (κ1) is 24.0. The molecule has 1 N–H and O–H groups in total. The molecule has 1 saturated carbocycles. The molecule has 3 aromatic rings. The summed E-state index contributed by atoms with van der Waals surface area (Å²) in [6, 6.07) is 5.93. The van der Waals surface area contributed by atoms with Crippen molar-refractivity contribution in [2.24, 2.45) is 0 Å². The molecule has 5 rings (SSSR count). The van der Waals surface area contributed by atoms with Gasteiger partial charge in [-0.25, -0.2) is 9.97 Å². The van der Waals surface area contributed by atoms with Crippen LogP contribution in [-0.4, -0.2) is 67.8 Å². The van der Waals surface area contributed by atoms with Crippen molar-refractivity contribution in [3.05, 3.63) is 45.7 Å². The number of amides is 1. The molecular weight excluding hydrogens is 464 g/mol. The Morgan fingerprint density at radius 3 is 2.60 bits per heavy atom. The minimum Gasteiger partial charge on any atom is -0.493 e. The number of hydrogen-bond donors (Lipinski definition) is 1. The number of methoxy groups -OCH3 is 2. The third kappa shape index (κ3) is 4.85. The van der Waals surface area contributed by atoms with Crippen LogP contribution in [0.3, 0.4) is 0 Å². The van der Waals surface area contributed by atoms with E-state index in [1.165, 1.54) is 11.3 Å². The third-order valence-electron chi connectivity index (χ3n) is 6.87. The molecule has 0 spiro atoms. The van der Waals surface area contributed by atoms with Crippen molar-refractivity contribution in [3.8, 4) is 11.5 Å². The Kier molecular flexibility index (Phi) is 6.91. The van der Waals surface area contributed by atoms with Gasteiger partial charge in [0.05, 0.1) is 44.0 Å². The zero-order chi connectivity index (χ0) is 24.5. The number of morpholine rings is 1. The van der Waals surface area contributed by atoms with Crippen LogP contribution in [0.25, 0.3) is 10.2 Å². The van der Waals surface area contributed by atoms with Gasteiger partial charge >= 0.3 is 0 Å². The van der Waals surface area contributed by atoms with Crippen LogP contribution in [0, 0.1) is 13.8 Å². The Hall–Kier alpha value is -2.75. The number of aromatic nitrogens is 2. The topological polar surface area (TPSA) is 85.8 Å². The number of hydrogen-bond acceptors (Lipinski definition) is 8. The molecule has 1 aliphatic carbocycles. The quantitative estimate of drug-likeness (QED) is 0.504. The maximum Gasteiger partial charge on any atom is 0.261 e. The Morgan fingerprint density at radius 2 is 1.91 bits per heavy atom. The molecule has 2 aromatic heterocycles. The highest BCUT2D eigenvalue weighted by molar-refractivity contribution is 7.20. The molecule has 8 nitrogen and oxygen atoms in total. The Bertz CT molecular complexity index is 1230. The van der Waals surface area contributed by atoms with E-state index in [9.17, 15) is 4.79 Å². The van der Waals surface area contributed by atoms with Gasteiger partial charge < -0.3 is 19.5 Å². The first-order valence-electron chi connectivity index (χ1n) is 12.1. The Morgan fingerprint density at radius 1 is 1.17 bits per heavy atom. The SMILES string of the molecule is COc1ccc(C(CNC(=O)c2sc3nc(C4CC4)nc(C)c3c2C)N2CCOCC2)cc1OC. The number of aryl methyl sites for hydroxylation is 2. The second-order valence-corrected chi connectivity index (χ2v) is 10.2. The van der Waals surface area contributed by atoms with E-state index in [4.69, 9.17) is 24.2 Å². The molecule has 0 radical (unpaired) electrons. The molecule has 2 fully saturated rings. The van der Waals surface area contributed by atoms with E-state index in [0.717, 1.165) is 58.8 Å². The standard InChI is InChI=1S/C26H32N4O4S/c1-15-22-16(2)28-24(17-5-6-17)29-26(22)35-23(15)25(31)27-14-19(30-9-11-34-12-10-30)18-7-8-20(32-3)21(13-18)33-4/h7-8,13,17,19H,5-6,9-12,14H2,1-4H3,(H,27,31). The maximum absolute atomic E-state index is 13.4. The molecule has 3 heterocycles. The van der Waals surface area contributed by atoms with E-state index in [1.54, 1.807) is 14.2 Å². The van der Waals surface area contributed by atoms with Crippen LogP contribution in [0.5, 0.6) is 11.5 Å². The molecule has 1 aromatic carbocycles. The van der Waals surface area contributed by atoms with Gasteiger partial charge in [0.25, 0.3) is 5.91 Å². The zero-order valence-corrected chi connectivity index (χ0v) is 21.5. The van der Waals surface area contributed by atoms with Crippen molar-refractivity contribution >= 4 is 27.5 Å². The first-order chi connectivity index (χ1) is 17.0. The van der Waals surface area contributed by atoms with Gasteiger partial charge in [0, 0.05) is 30.9 Å². The molecule has 9 heteroatoms. The molecule has 35 heavy (non-hydrogen) atoms.